The minimum Gasteiger partial charge on any atom is -0.437 e. The Hall–Kier alpha value is -2.61. The molecule has 1 fully saturated rings. The molecule has 0 saturated carbocycles. The lowest BCUT2D eigenvalue weighted by atomic mass is 10.2. The van der Waals surface area contributed by atoms with E-state index in [2.05, 4.69) is 20.2 Å². The summed E-state index contributed by atoms with van der Waals surface area (Å²) in [6.45, 7) is 4.09. The molecule has 1 saturated heterocycles. The van der Waals surface area contributed by atoms with Crippen molar-refractivity contribution in [2.24, 2.45) is 0 Å². The molecule has 34 heavy (non-hydrogen) atoms. The minimum atomic E-state index is -0.0686. The van der Waals surface area contributed by atoms with Gasteiger partial charge in [-0.2, -0.15) is 0 Å². The molecule has 0 atom stereocenters. The van der Waals surface area contributed by atoms with Crippen LogP contribution in [0.5, 0.6) is 11.6 Å². The number of ether oxygens (including phenoxy) is 1. The van der Waals surface area contributed by atoms with Crippen molar-refractivity contribution in [3.63, 3.8) is 0 Å². The summed E-state index contributed by atoms with van der Waals surface area (Å²) < 4.78 is 5.96. The number of aromatic nitrogens is 2. The first kappa shape index (κ1) is 24.5. The molecule has 1 N–H and O–H groups in total. The second-order valence-corrected chi connectivity index (χ2v) is 9.71. The summed E-state index contributed by atoms with van der Waals surface area (Å²) in [6, 6.07) is 14.6. The van der Waals surface area contributed by atoms with Crippen LogP contribution in [0.1, 0.15) is 42.5 Å². The minimum absolute atomic E-state index is 0.0686. The zero-order valence-corrected chi connectivity index (χ0v) is 20.7. The number of hydrogen-bond donors (Lipinski definition) is 1. The zero-order valence-electron chi connectivity index (χ0n) is 19.1. The molecule has 0 unspecified atom stereocenters. The van der Waals surface area contributed by atoms with Crippen LogP contribution in [0, 0.1) is 0 Å². The molecule has 0 aliphatic carbocycles. The Labute approximate surface area is 210 Å². The van der Waals surface area contributed by atoms with E-state index in [0.717, 1.165) is 17.9 Å². The van der Waals surface area contributed by atoms with E-state index in [1.54, 1.807) is 36.7 Å². The Kier molecular flexibility index (Phi) is 9.19. The Balaban J connectivity index is 1.28. The van der Waals surface area contributed by atoms with E-state index in [9.17, 15) is 4.79 Å². The molecule has 1 aliphatic rings. The summed E-state index contributed by atoms with van der Waals surface area (Å²) in [7, 11) is 0. The van der Waals surface area contributed by atoms with Crippen molar-refractivity contribution in [3.8, 4) is 11.6 Å². The molecule has 0 spiro atoms. The van der Waals surface area contributed by atoms with Crippen LogP contribution in [0.3, 0.4) is 0 Å². The molecule has 1 aromatic heterocycles. The maximum atomic E-state index is 12.5. The second-order valence-electron chi connectivity index (χ2n) is 8.21. The topological polar surface area (TPSA) is 67.4 Å². The number of carbonyl (C=O) groups excluding carboxylic acids is 1. The highest BCUT2D eigenvalue weighted by molar-refractivity contribution is 7.99. The van der Waals surface area contributed by atoms with Gasteiger partial charge in [-0.05, 0) is 87.4 Å². The zero-order chi connectivity index (χ0) is 23.6. The van der Waals surface area contributed by atoms with Gasteiger partial charge < -0.3 is 15.0 Å². The molecule has 8 heteroatoms. The van der Waals surface area contributed by atoms with E-state index in [1.165, 1.54) is 50.5 Å². The average Bonchev–Trinajstić information content (AvgIpc) is 3.14. The van der Waals surface area contributed by atoms with Crippen LogP contribution < -0.4 is 10.1 Å². The summed E-state index contributed by atoms with van der Waals surface area (Å²) in [5.41, 5.74) is 0.608. The fourth-order valence-corrected chi connectivity index (χ4v) is 4.74. The van der Waals surface area contributed by atoms with Crippen molar-refractivity contribution in [2.45, 2.75) is 42.0 Å². The van der Waals surface area contributed by atoms with Crippen molar-refractivity contribution in [1.29, 1.82) is 0 Å². The second kappa shape index (κ2) is 12.7. The fraction of sp³-hybridized carbons (Fsp3) is 0.346. The van der Waals surface area contributed by atoms with Crippen LogP contribution in [0.2, 0.25) is 5.02 Å². The normalized spacial score (nSPS) is 14.4. The molecular formula is C26H29ClN4O2S. The van der Waals surface area contributed by atoms with E-state index in [1.807, 2.05) is 24.3 Å². The molecule has 3 aromatic rings. The smallest absolute Gasteiger partial charge is 0.252 e. The molecule has 2 aromatic carbocycles. The molecule has 178 valence electrons. The number of amides is 1. The summed E-state index contributed by atoms with van der Waals surface area (Å²) >= 11 is 7.42. The van der Waals surface area contributed by atoms with E-state index in [4.69, 9.17) is 16.3 Å². The largest absolute Gasteiger partial charge is 0.437 e. The van der Waals surface area contributed by atoms with Crippen molar-refractivity contribution >= 4 is 29.3 Å². The van der Waals surface area contributed by atoms with Gasteiger partial charge in [0.15, 0.2) is 5.03 Å². The first-order chi connectivity index (χ1) is 16.7. The fourth-order valence-electron chi connectivity index (χ4n) is 3.82. The van der Waals surface area contributed by atoms with E-state index in [-0.39, 0.29) is 5.91 Å². The highest BCUT2D eigenvalue weighted by Gasteiger charge is 2.12. The average molecular weight is 497 g/mol. The number of likely N-dealkylation sites (tertiary alicyclic amines) is 1. The van der Waals surface area contributed by atoms with Gasteiger partial charge >= 0.3 is 0 Å². The molecule has 2 heterocycles. The maximum absolute atomic E-state index is 12.5. The molecule has 4 rings (SSSR count). The highest BCUT2D eigenvalue weighted by atomic mass is 35.5. The predicted molar refractivity (Wildman–Crippen MR) is 136 cm³/mol. The van der Waals surface area contributed by atoms with Gasteiger partial charge in [0.1, 0.15) is 5.75 Å². The van der Waals surface area contributed by atoms with Crippen LogP contribution in [0.15, 0.2) is 70.8 Å². The maximum Gasteiger partial charge on any atom is 0.252 e. The molecular weight excluding hydrogens is 468 g/mol. The van der Waals surface area contributed by atoms with E-state index >= 15 is 0 Å². The third kappa shape index (κ3) is 7.45. The van der Waals surface area contributed by atoms with Crippen molar-refractivity contribution in [1.82, 2.24) is 20.2 Å². The van der Waals surface area contributed by atoms with Gasteiger partial charge in [-0.15, -0.1) is 0 Å². The van der Waals surface area contributed by atoms with E-state index < -0.39 is 0 Å². The quantitative estimate of drug-likeness (QED) is 0.363. The molecule has 6 nitrogen and oxygen atoms in total. The van der Waals surface area contributed by atoms with Crippen molar-refractivity contribution in [3.05, 3.63) is 71.5 Å². The molecule has 0 bridgehead atoms. The molecule has 1 amide bonds. The van der Waals surface area contributed by atoms with E-state index in [0.29, 0.717) is 33.8 Å². The van der Waals surface area contributed by atoms with Gasteiger partial charge in [0.05, 0.1) is 0 Å². The summed E-state index contributed by atoms with van der Waals surface area (Å²) in [5, 5.41) is 4.35. The lowest BCUT2D eigenvalue weighted by Gasteiger charge is -2.19. The highest BCUT2D eigenvalue weighted by Crippen LogP contribution is 2.34. The van der Waals surface area contributed by atoms with Crippen molar-refractivity contribution < 1.29 is 9.53 Å². The number of nitrogens with one attached hydrogen (secondary N) is 1. The van der Waals surface area contributed by atoms with Crippen LogP contribution in [-0.2, 0) is 0 Å². The first-order valence-corrected chi connectivity index (χ1v) is 12.9. The number of halogens is 1. The van der Waals surface area contributed by atoms with Crippen LogP contribution in [0.25, 0.3) is 0 Å². The van der Waals surface area contributed by atoms with Gasteiger partial charge in [0.25, 0.3) is 11.8 Å². The van der Waals surface area contributed by atoms with Gasteiger partial charge in [0.2, 0.25) is 0 Å². The molecule has 1 aliphatic heterocycles. The monoisotopic (exact) mass is 496 g/mol. The van der Waals surface area contributed by atoms with Gasteiger partial charge in [-0.1, -0.05) is 36.2 Å². The number of nitrogens with zero attached hydrogens (tertiary/aromatic N) is 3. The summed E-state index contributed by atoms with van der Waals surface area (Å²) in [4.78, 5) is 24.7. The number of carbonyl (C=O) groups is 1. The Morgan fingerprint density at radius 3 is 2.41 bits per heavy atom. The van der Waals surface area contributed by atoms with Gasteiger partial charge in [-0.25, -0.2) is 9.97 Å². The molecule has 0 radical (unpaired) electrons. The van der Waals surface area contributed by atoms with Crippen LogP contribution >= 0.6 is 23.4 Å². The lowest BCUT2D eigenvalue weighted by Crippen LogP contribution is -2.30. The van der Waals surface area contributed by atoms with Gasteiger partial charge in [0, 0.05) is 34.4 Å². The van der Waals surface area contributed by atoms with Crippen molar-refractivity contribution in [2.75, 3.05) is 26.2 Å². The predicted octanol–water partition coefficient (Wildman–Crippen LogP) is 6.07. The Morgan fingerprint density at radius 1 is 0.971 bits per heavy atom. The van der Waals surface area contributed by atoms with Crippen LogP contribution in [0.4, 0.5) is 0 Å². The number of rotatable bonds is 9. The lowest BCUT2D eigenvalue weighted by molar-refractivity contribution is 0.0951. The first-order valence-electron chi connectivity index (χ1n) is 11.7. The van der Waals surface area contributed by atoms with Gasteiger partial charge in [-0.3, -0.25) is 4.79 Å². The number of hydrogen-bond acceptors (Lipinski definition) is 6. The third-order valence-electron chi connectivity index (χ3n) is 5.63. The Morgan fingerprint density at radius 2 is 1.68 bits per heavy atom. The summed E-state index contributed by atoms with van der Waals surface area (Å²) in [5.74, 6) is 0.935. The number of benzene rings is 2. The Bertz CT molecular complexity index is 1060. The summed E-state index contributed by atoms with van der Waals surface area (Å²) in [6.07, 6.45) is 9.44. The van der Waals surface area contributed by atoms with Crippen LogP contribution in [-0.4, -0.2) is 47.0 Å². The third-order valence-corrected chi connectivity index (χ3v) is 6.86. The standard InChI is InChI=1S/C26H29ClN4O2S/c27-21-8-12-23(13-9-21)34-26-25(29-15-16-30-26)33-22-10-6-20(7-11-22)24(32)28-14-5-19-31-17-3-1-2-4-18-31/h6-13,15-16H,1-5,14,17-19H2,(H,28,32). The SMILES string of the molecule is O=C(NCCCN1CCCCCC1)c1ccc(Oc2nccnc2Sc2ccc(Cl)cc2)cc1.